The Morgan fingerprint density at radius 2 is 2.26 bits per heavy atom. The van der Waals surface area contributed by atoms with Gasteiger partial charge in [0.1, 0.15) is 5.54 Å². The van der Waals surface area contributed by atoms with Crippen LogP contribution in [0.15, 0.2) is 24.3 Å². The van der Waals surface area contributed by atoms with E-state index in [-0.39, 0.29) is 12.3 Å². The van der Waals surface area contributed by atoms with E-state index >= 15 is 0 Å². The first-order valence-corrected chi connectivity index (χ1v) is 7.42. The number of carboxylic acids is 1. The molecule has 0 spiro atoms. The van der Waals surface area contributed by atoms with E-state index in [1.54, 1.807) is 36.0 Å². The number of carbonyl (C=O) groups is 2. The van der Waals surface area contributed by atoms with Gasteiger partial charge in [-0.25, -0.2) is 4.79 Å². The van der Waals surface area contributed by atoms with E-state index < -0.39 is 11.5 Å². The normalized spacial score (nSPS) is 22.2. The Morgan fingerprint density at radius 1 is 1.47 bits per heavy atom. The van der Waals surface area contributed by atoms with Crippen LogP contribution in [-0.2, 0) is 16.0 Å². The molecule has 6 heteroatoms. The lowest BCUT2D eigenvalue weighted by Crippen LogP contribution is -2.55. The SMILES string of the molecule is O=C(Cc1cccc(Cl)c1)N[C@@]1(C(=O)O)CCSC1. The van der Waals surface area contributed by atoms with Gasteiger partial charge in [0.05, 0.1) is 6.42 Å². The van der Waals surface area contributed by atoms with Gasteiger partial charge >= 0.3 is 5.97 Å². The molecule has 102 valence electrons. The molecule has 1 aromatic carbocycles. The second-order valence-corrected chi connectivity index (χ2v) is 6.09. The largest absolute Gasteiger partial charge is 0.479 e. The summed E-state index contributed by atoms with van der Waals surface area (Å²) in [5.74, 6) is -0.0722. The molecule has 4 nitrogen and oxygen atoms in total. The van der Waals surface area contributed by atoms with Crippen molar-refractivity contribution >= 4 is 35.2 Å². The molecule has 1 amide bonds. The molecule has 19 heavy (non-hydrogen) atoms. The molecule has 1 aliphatic heterocycles. The number of halogens is 1. The highest BCUT2D eigenvalue weighted by molar-refractivity contribution is 7.99. The fourth-order valence-electron chi connectivity index (χ4n) is 2.03. The van der Waals surface area contributed by atoms with E-state index in [1.807, 2.05) is 0 Å². The summed E-state index contributed by atoms with van der Waals surface area (Å²) in [5, 5.41) is 12.5. The summed E-state index contributed by atoms with van der Waals surface area (Å²) in [6, 6.07) is 7.00. The van der Waals surface area contributed by atoms with Crippen LogP contribution in [0.2, 0.25) is 5.02 Å². The Kier molecular flexibility index (Phi) is 4.37. The Balaban J connectivity index is 2.02. The highest BCUT2D eigenvalue weighted by atomic mass is 35.5. The van der Waals surface area contributed by atoms with Gasteiger partial charge in [-0.3, -0.25) is 4.79 Å². The van der Waals surface area contributed by atoms with Crippen LogP contribution in [0.1, 0.15) is 12.0 Å². The van der Waals surface area contributed by atoms with Crippen molar-refractivity contribution < 1.29 is 14.7 Å². The smallest absolute Gasteiger partial charge is 0.330 e. The number of hydrogen-bond donors (Lipinski definition) is 2. The molecular formula is C13H14ClNO3S. The summed E-state index contributed by atoms with van der Waals surface area (Å²) in [5.41, 5.74) is -0.337. The second-order valence-electron chi connectivity index (χ2n) is 4.54. The Hall–Kier alpha value is -1.20. The number of benzene rings is 1. The van der Waals surface area contributed by atoms with Crippen LogP contribution in [0, 0.1) is 0 Å². The first kappa shape index (κ1) is 14.2. The summed E-state index contributed by atoms with van der Waals surface area (Å²) in [4.78, 5) is 23.3. The maximum Gasteiger partial charge on any atom is 0.330 e. The first-order valence-electron chi connectivity index (χ1n) is 5.88. The molecule has 0 saturated carbocycles. The van der Waals surface area contributed by atoms with E-state index in [4.69, 9.17) is 11.6 Å². The van der Waals surface area contributed by atoms with Crippen molar-refractivity contribution in [3.8, 4) is 0 Å². The molecule has 2 N–H and O–H groups in total. The fraction of sp³-hybridized carbons (Fsp3) is 0.385. The molecule has 1 saturated heterocycles. The quantitative estimate of drug-likeness (QED) is 0.892. The van der Waals surface area contributed by atoms with Crippen molar-refractivity contribution in [1.82, 2.24) is 5.32 Å². The number of carboxylic acid groups (broad SMARTS) is 1. The van der Waals surface area contributed by atoms with Crippen LogP contribution in [0.25, 0.3) is 0 Å². The van der Waals surface area contributed by atoms with E-state index in [1.165, 1.54) is 0 Å². The molecule has 1 fully saturated rings. The summed E-state index contributed by atoms with van der Waals surface area (Å²) in [7, 11) is 0. The van der Waals surface area contributed by atoms with Gasteiger partial charge in [0.25, 0.3) is 0 Å². The number of nitrogens with one attached hydrogen (secondary N) is 1. The molecule has 0 radical (unpaired) electrons. The lowest BCUT2D eigenvalue weighted by molar-refractivity contribution is -0.146. The zero-order chi connectivity index (χ0) is 13.9. The van der Waals surface area contributed by atoms with Crippen LogP contribution < -0.4 is 5.32 Å². The van der Waals surface area contributed by atoms with Gasteiger partial charge in [-0.05, 0) is 29.9 Å². The van der Waals surface area contributed by atoms with Crippen LogP contribution in [-0.4, -0.2) is 34.0 Å². The third kappa shape index (κ3) is 3.42. The molecule has 0 unspecified atom stereocenters. The van der Waals surface area contributed by atoms with Gasteiger partial charge in [-0.15, -0.1) is 0 Å². The molecule has 0 aromatic heterocycles. The van der Waals surface area contributed by atoms with E-state index in [2.05, 4.69) is 5.32 Å². The van der Waals surface area contributed by atoms with Gasteiger partial charge in [0, 0.05) is 10.8 Å². The van der Waals surface area contributed by atoms with Crippen molar-refractivity contribution in [2.75, 3.05) is 11.5 Å². The van der Waals surface area contributed by atoms with Crippen molar-refractivity contribution in [2.45, 2.75) is 18.4 Å². The van der Waals surface area contributed by atoms with Crippen molar-refractivity contribution in [1.29, 1.82) is 0 Å². The fourth-order valence-corrected chi connectivity index (χ4v) is 3.57. The van der Waals surface area contributed by atoms with Gasteiger partial charge in [-0.1, -0.05) is 23.7 Å². The summed E-state index contributed by atoms with van der Waals surface area (Å²) in [6.45, 7) is 0. The van der Waals surface area contributed by atoms with Crippen molar-refractivity contribution in [3.63, 3.8) is 0 Å². The number of hydrogen-bond acceptors (Lipinski definition) is 3. The monoisotopic (exact) mass is 299 g/mol. The summed E-state index contributed by atoms with van der Waals surface area (Å²) >= 11 is 7.39. The van der Waals surface area contributed by atoms with Crippen LogP contribution in [0.4, 0.5) is 0 Å². The minimum Gasteiger partial charge on any atom is -0.479 e. The van der Waals surface area contributed by atoms with Gasteiger partial charge < -0.3 is 10.4 Å². The van der Waals surface area contributed by atoms with E-state index in [0.717, 1.165) is 11.3 Å². The minimum absolute atomic E-state index is 0.139. The zero-order valence-corrected chi connectivity index (χ0v) is 11.8. The molecule has 0 bridgehead atoms. The lowest BCUT2D eigenvalue weighted by atomic mass is 9.98. The third-order valence-electron chi connectivity index (χ3n) is 3.06. The predicted molar refractivity (Wildman–Crippen MR) is 75.6 cm³/mol. The third-order valence-corrected chi connectivity index (χ3v) is 4.49. The second kappa shape index (κ2) is 5.84. The number of thioether (sulfide) groups is 1. The molecule has 0 aliphatic carbocycles. The molecule has 1 atom stereocenters. The average molecular weight is 300 g/mol. The van der Waals surface area contributed by atoms with Crippen LogP contribution >= 0.6 is 23.4 Å². The molecule has 2 rings (SSSR count). The molecule has 1 aromatic rings. The molecule has 1 aliphatic rings. The molecule has 1 heterocycles. The number of amides is 1. The van der Waals surface area contributed by atoms with E-state index in [0.29, 0.717) is 17.2 Å². The first-order chi connectivity index (χ1) is 9.02. The Labute approximate surface area is 120 Å². The highest BCUT2D eigenvalue weighted by Gasteiger charge is 2.43. The standard InChI is InChI=1S/C13H14ClNO3S/c14-10-3-1-2-9(6-10)7-11(16)15-13(12(17)18)4-5-19-8-13/h1-3,6H,4-5,7-8H2,(H,15,16)(H,17,18)/t13-/m0/s1. The van der Waals surface area contributed by atoms with Crippen LogP contribution in [0.3, 0.4) is 0 Å². The maximum atomic E-state index is 12.0. The topological polar surface area (TPSA) is 66.4 Å². The van der Waals surface area contributed by atoms with E-state index in [9.17, 15) is 14.7 Å². The average Bonchev–Trinajstić information content (AvgIpc) is 2.78. The van der Waals surface area contributed by atoms with Gasteiger partial charge in [-0.2, -0.15) is 11.8 Å². The van der Waals surface area contributed by atoms with Crippen LogP contribution in [0.5, 0.6) is 0 Å². The summed E-state index contributed by atoms with van der Waals surface area (Å²) in [6.07, 6.45) is 0.606. The Bertz CT molecular complexity index is 500. The van der Waals surface area contributed by atoms with Gasteiger partial charge in [0.2, 0.25) is 5.91 Å². The summed E-state index contributed by atoms with van der Waals surface area (Å²) < 4.78 is 0. The van der Waals surface area contributed by atoms with Gasteiger partial charge in [0.15, 0.2) is 0 Å². The zero-order valence-electron chi connectivity index (χ0n) is 10.2. The number of aliphatic carboxylic acids is 1. The van der Waals surface area contributed by atoms with Crippen molar-refractivity contribution in [3.05, 3.63) is 34.9 Å². The highest BCUT2D eigenvalue weighted by Crippen LogP contribution is 2.28. The number of carbonyl (C=O) groups excluding carboxylic acids is 1. The minimum atomic E-state index is -1.11. The number of rotatable bonds is 4. The maximum absolute atomic E-state index is 12.0. The molecular weight excluding hydrogens is 286 g/mol. The van der Waals surface area contributed by atoms with Crippen molar-refractivity contribution in [2.24, 2.45) is 0 Å². The predicted octanol–water partition coefficient (Wildman–Crippen LogP) is 1.96. The Morgan fingerprint density at radius 3 is 2.84 bits per heavy atom. The lowest BCUT2D eigenvalue weighted by Gasteiger charge is -2.24.